The highest BCUT2D eigenvalue weighted by Crippen LogP contribution is 2.75. The van der Waals surface area contributed by atoms with Crippen LogP contribution in [0.3, 0.4) is 0 Å². The molecule has 4 aliphatic rings. The summed E-state index contributed by atoms with van der Waals surface area (Å²) >= 11 is 0. The van der Waals surface area contributed by atoms with E-state index in [0.717, 1.165) is 56.9 Å². The molecule has 8 unspecified atom stereocenters. The maximum Gasteiger partial charge on any atom is 0.335 e. The molecule has 4 aliphatic carbocycles. The SMILES string of the molecule is CCCC1(C(=O)NCc2cc(C(=O)NCCc3cccc(C(=O)O)c3)ccc2F)CC[C@]2(C)C(CCC3C4(C)CCC(O)C(C)(C)C4CCC32C)C1C. The summed E-state index contributed by atoms with van der Waals surface area (Å²) in [5, 5.41) is 26.3. The number of halogens is 1. The summed E-state index contributed by atoms with van der Waals surface area (Å²) < 4.78 is 15.2. The van der Waals surface area contributed by atoms with Crippen LogP contribution in [0.2, 0.25) is 0 Å². The van der Waals surface area contributed by atoms with Gasteiger partial charge in [-0.15, -0.1) is 0 Å². The van der Waals surface area contributed by atoms with Crippen molar-refractivity contribution in [1.29, 1.82) is 0 Å². The standard InChI is InChI=1S/C45H63FN2O5/c1-8-19-45(40(53)48-27-32-26-30(12-14-34(32)46)38(50)47-24-18-29-10-9-11-31(25-29)39(51)52)23-22-43(6)33(28(45)2)13-15-36-42(5)20-17-37(49)41(3,4)35(42)16-21-44(36,43)7/h9-12,14,25-26,28,33,35-37,49H,8,13,15-24,27H2,1-7H3,(H,47,50)(H,48,53)(H,51,52)/t28?,33?,35?,36?,37?,42?,43-,44?,45?/m1/s1. The molecule has 0 spiro atoms. The van der Waals surface area contributed by atoms with Gasteiger partial charge in [0.2, 0.25) is 5.91 Å². The average molecular weight is 731 g/mol. The molecule has 4 saturated carbocycles. The molecule has 0 heterocycles. The highest BCUT2D eigenvalue weighted by molar-refractivity contribution is 5.94. The number of rotatable bonds is 10. The van der Waals surface area contributed by atoms with Crippen LogP contribution in [0.1, 0.15) is 145 Å². The second-order valence-electron chi connectivity index (χ2n) is 18.7. The number of aliphatic hydroxyl groups excluding tert-OH is 1. The van der Waals surface area contributed by atoms with E-state index in [9.17, 15) is 24.6 Å². The predicted octanol–water partition coefficient (Wildman–Crippen LogP) is 8.97. The number of hydrogen-bond acceptors (Lipinski definition) is 4. The molecule has 2 aromatic rings. The number of carboxylic acids is 1. The fraction of sp³-hybridized carbons (Fsp3) is 0.667. The predicted molar refractivity (Wildman–Crippen MR) is 206 cm³/mol. The maximum absolute atomic E-state index is 15.2. The van der Waals surface area contributed by atoms with Crippen LogP contribution in [0.25, 0.3) is 0 Å². The van der Waals surface area contributed by atoms with Gasteiger partial charge in [-0.3, -0.25) is 9.59 Å². The molecule has 4 fully saturated rings. The van der Waals surface area contributed by atoms with E-state index in [1.165, 1.54) is 37.1 Å². The second kappa shape index (κ2) is 14.4. The fourth-order valence-electron chi connectivity index (χ4n) is 13.0. The lowest BCUT2D eigenvalue weighted by Gasteiger charge is -2.72. The molecule has 7 nitrogen and oxygen atoms in total. The van der Waals surface area contributed by atoms with Gasteiger partial charge < -0.3 is 20.8 Å². The Kier molecular flexibility index (Phi) is 10.7. The molecule has 0 radical (unpaired) electrons. The molecular formula is C45H63FN2O5. The van der Waals surface area contributed by atoms with Crippen molar-refractivity contribution in [3.63, 3.8) is 0 Å². The zero-order valence-corrected chi connectivity index (χ0v) is 33.1. The number of fused-ring (bicyclic) bond motifs is 5. The molecule has 9 atom stereocenters. The first-order chi connectivity index (χ1) is 24.9. The van der Waals surface area contributed by atoms with Gasteiger partial charge in [0.1, 0.15) is 5.82 Å². The van der Waals surface area contributed by atoms with Crippen LogP contribution in [-0.4, -0.2) is 40.6 Å². The van der Waals surface area contributed by atoms with Gasteiger partial charge in [0.25, 0.3) is 5.91 Å². The Morgan fingerprint density at radius 2 is 1.60 bits per heavy atom. The van der Waals surface area contributed by atoms with E-state index in [0.29, 0.717) is 36.3 Å². The number of amides is 2. The minimum absolute atomic E-state index is 0.00212. The van der Waals surface area contributed by atoms with Gasteiger partial charge in [-0.25, -0.2) is 9.18 Å². The minimum atomic E-state index is -1.00. The smallest absolute Gasteiger partial charge is 0.335 e. The summed E-state index contributed by atoms with van der Waals surface area (Å²) in [7, 11) is 0. The van der Waals surface area contributed by atoms with Crippen LogP contribution in [0.15, 0.2) is 42.5 Å². The minimum Gasteiger partial charge on any atom is -0.478 e. The third-order valence-electron chi connectivity index (χ3n) is 16.3. The lowest BCUT2D eigenvalue weighted by molar-refractivity contribution is -0.246. The summed E-state index contributed by atoms with van der Waals surface area (Å²) in [4.78, 5) is 38.8. The lowest BCUT2D eigenvalue weighted by Crippen LogP contribution is -2.67. The first-order valence-electron chi connectivity index (χ1n) is 20.3. The van der Waals surface area contributed by atoms with Crippen molar-refractivity contribution in [3.8, 4) is 0 Å². The quantitative estimate of drug-likeness (QED) is 0.195. The van der Waals surface area contributed by atoms with Gasteiger partial charge in [-0.05, 0) is 145 Å². The molecule has 0 saturated heterocycles. The lowest BCUT2D eigenvalue weighted by atomic mass is 9.32. The molecule has 0 aliphatic heterocycles. The number of aliphatic hydroxyl groups is 1. The van der Waals surface area contributed by atoms with E-state index in [-0.39, 0.29) is 63.2 Å². The molecule has 0 bridgehead atoms. The van der Waals surface area contributed by atoms with Crippen molar-refractivity contribution in [2.75, 3.05) is 6.54 Å². The summed E-state index contributed by atoms with van der Waals surface area (Å²) in [6.07, 6.45) is 10.3. The number of hydrogen-bond donors (Lipinski definition) is 4. The molecule has 8 heteroatoms. The number of benzene rings is 2. The average Bonchev–Trinajstić information content (AvgIpc) is 3.11. The summed E-state index contributed by atoms with van der Waals surface area (Å²) in [6, 6.07) is 10.9. The van der Waals surface area contributed by atoms with Crippen molar-refractivity contribution in [2.24, 2.45) is 50.7 Å². The highest BCUT2D eigenvalue weighted by atomic mass is 19.1. The Hall–Kier alpha value is -3.26. The van der Waals surface area contributed by atoms with E-state index in [1.54, 1.807) is 12.1 Å². The Bertz CT molecular complexity index is 1730. The van der Waals surface area contributed by atoms with Crippen LogP contribution in [0.4, 0.5) is 4.39 Å². The number of carboxylic acid groups (broad SMARTS) is 1. The third kappa shape index (κ3) is 6.53. The summed E-state index contributed by atoms with van der Waals surface area (Å²) in [6.45, 7) is 17.0. The highest BCUT2D eigenvalue weighted by Gasteiger charge is 2.69. The first-order valence-corrected chi connectivity index (χ1v) is 20.3. The molecule has 53 heavy (non-hydrogen) atoms. The largest absolute Gasteiger partial charge is 0.478 e. The van der Waals surface area contributed by atoms with Gasteiger partial charge in [0.05, 0.1) is 17.1 Å². The van der Waals surface area contributed by atoms with Crippen LogP contribution in [0.5, 0.6) is 0 Å². The first kappa shape index (κ1) is 39.4. The molecular weight excluding hydrogens is 668 g/mol. The van der Waals surface area contributed by atoms with Crippen molar-refractivity contribution in [3.05, 3.63) is 70.5 Å². The van der Waals surface area contributed by atoms with Gasteiger partial charge in [0.15, 0.2) is 0 Å². The van der Waals surface area contributed by atoms with Crippen molar-refractivity contribution < 1.29 is 29.0 Å². The Labute approximate surface area is 316 Å². The summed E-state index contributed by atoms with van der Waals surface area (Å²) in [5.74, 6) is -0.131. The van der Waals surface area contributed by atoms with Gasteiger partial charge in [-0.2, -0.15) is 0 Å². The zero-order valence-electron chi connectivity index (χ0n) is 33.1. The summed E-state index contributed by atoms with van der Waals surface area (Å²) in [5.41, 5.74) is 1.42. The van der Waals surface area contributed by atoms with E-state index >= 15 is 4.39 Å². The Morgan fingerprint density at radius 3 is 2.32 bits per heavy atom. The van der Waals surface area contributed by atoms with Crippen molar-refractivity contribution in [1.82, 2.24) is 10.6 Å². The monoisotopic (exact) mass is 730 g/mol. The molecule has 6 rings (SSSR count). The van der Waals surface area contributed by atoms with Crippen molar-refractivity contribution >= 4 is 17.8 Å². The van der Waals surface area contributed by atoms with E-state index in [2.05, 4.69) is 59.1 Å². The number of carbonyl (C=O) groups excluding carboxylic acids is 2. The van der Waals surface area contributed by atoms with E-state index in [1.807, 2.05) is 6.07 Å². The molecule has 2 amide bonds. The van der Waals surface area contributed by atoms with Crippen LogP contribution < -0.4 is 10.6 Å². The van der Waals surface area contributed by atoms with Crippen LogP contribution in [0, 0.1) is 56.6 Å². The van der Waals surface area contributed by atoms with Crippen molar-refractivity contribution in [2.45, 2.75) is 132 Å². The van der Waals surface area contributed by atoms with Crippen LogP contribution >= 0.6 is 0 Å². The topological polar surface area (TPSA) is 116 Å². The van der Waals surface area contributed by atoms with Gasteiger partial charge in [0, 0.05) is 24.2 Å². The molecule has 290 valence electrons. The molecule has 4 N–H and O–H groups in total. The van der Waals surface area contributed by atoms with E-state index in [4.69, 9.17) is 0 Å². The maximum atomic E-state index is 15.2. The number of carbonyl (C=O) groups is 3. The Morgan fingerprint density at radius 1 is 0.849 bits per heavy atom. The van der Waals surface area contributed by atoms with Gasteiger partial charge >= 0.3 is 5.97 Å². The zero-order chi connectivity index (χ0) is 38.6. The molecule has 2 aromatic carbocycles. The normalized spacial score (nSPS) is 36.0. The van der Waals surface area contributed by atoms with Gasteiger partial charge in [-0.1, -0.05) is 67.0 Å². The Balaban J connectivity index is 1.14. The second-order valence-corrected chi connectivity index (χ2v) is 18.7. The number of aromatic carboxylic acids is 1. The molecule has 0 aromatic heterocycles. The number of nitrogens with one attached hydrogen (secondary N) is 2. The fourth-order valence-corrected chi connectivity index (χ4v) is 13.0. The van der Waals surface area contributed by atoms with Crippen LogP contribution in [-0.2, 0) is 17.8 Å². The van der Waals surface area contributed by atoms with E-state index < -0.39 is 17.2 Å². The third-order valence-corrected chi connectivity index (χ3v) is 16.3.